The molecule has 0 amide bonds. The number of fused-ring (bicyclic) bond motifs is 1. The second-order valence-electron chi connectivity index (χ2n) is 4.18. The van der Waals surface area contributed by atoms with Crippen LogP contribution >= 0.6 is 27.5 Å². The Labute approximate surface area is 122 Å². The molecule has 19 heavy (non-hydrogen) atoms. The molecule has 0 saturated carbocycles. The number of aromatic amines is 1. The zero-order chi connectivity index (χ0) is 13.4. The summed E-state index contributed by atoms with van der Waals surface area (Å²) in [5, 5.41) is -0.280. The minimum absolute atomic E-state index is 0.280. The van der Waals surface area contributed by atoms with Gasteiger partial charge in [0.1, 0.15) is 0 Å². The third-order valence-corrected chi connectivity index (χ3v) is 3.93. The molecule has 3 rings (SSSR count). The van der Waals surface area contributed by atoms with Gasteiger partial charge in [-0.3, -0.25) is 4.98 Å². The van der Waals surface area contributed by atoms with Crippen LogP contribution in [0.3, 0.4) is 0 Å². The Bertz CT molecular complexity index is 776. The predicted molar refractivity (Wildman–Crippen MR) is 78.7 cm³/mol. The Hall–Kier alpha value is -1.52. The Morgan fingerprint density at radius 2 is 1.79 bits per heavy atom. The van der Waals surface area contributed by atoms with Crippen molar-refractivity contribution in [2.45, 2.75) is 5.38 Å². The van der Waals surface area contributed by atoms with Gasteiger partial charge >= 0.3 is 5.76 Å². The van der Waals surface area contributed by atoms with Crippen molar-refractivity contribution >= 4 is 38.6 Å². The molecule has 3 aromatic rings. The van der Waals surface area contributed by atoms with Crippen molar-refractivity contribution in [2.75, 3.05) is 0 Å². The molecule has 0 bridgehead atoms. The SMILES string of the molecule is O=c1[nH]c2ccc(C(Cl)c3ccc(Br)cc3)cc2o1. The molecule has 1 N–H and O–H groups in total. The zero-order valence-corrected chi connectivity index (χ0v) is 12.0. The lowest BCUT2D eigenvalue weighted by atomic mass is 10.0. The van der Waals surface area contributed by atoms with Gasteiger partial charge in [0.15, 0.2) is 5.58 Å². The smallest absolute Gasteiger partial charge is 0.408 e. The van der Waals surface area contributed by atoms with Crippen molar-refractivity contribution in [1.82, 2.24) is 4.98 Å². The molecule has 0 fully saturated rings. The van der Waals surface area contributed by atoms with E-state index < -0.39 is 5.76 Å². The van der Waals surface area contributed by atoms with Crippen molar-refractivity contribution in [3.63, 3.8) is 0 Å². The number of rotatable bonds is 2. The fourth-order valence-corrected chi connectivity index (χ4v) is 2.49. The third-order valence-electron chi connectivity index (χ3n) is 2.90. The third kappa shape index (κ3) is 2.46. The van der Waals surface area contributed by atoms with Crippen LogP contribution in [0.25, 0.3) is 11.1 Å². The first-order valence-electron chi connectivity index (χ1n) is 5.66. The van der Waals surface area contributed by atoms with Crippen molar-refractivity contribution < 1.29 is 4.42 Å². The highest BCUT2D eigenvalue weighted by molar-refractivity contribution is 9.10. The molecule has 1 unspecified atom stereocenters. The second-order valence-corrected chi connectivity index (χ2v) is 5.54. The van der Waals surface area contributed by atoms with E-state index in [1.165, 1.54) is 0 Å². The average molecular weight is 339 g/mol. The molecular weight excluding hydrogens is 330 g/mol. The highest BCUT2D eigenvalue weighted by Gasteiger charge is 2.12. The van der Waals surface area contributed by atoms with E-state index in [0.717, 1.165) is 15.6 Å². The predicted octanol–water partition coefficient (Wildman–Crippen LogP) is 4.21. The number of hydrogen-bond donors (Lipinski definition) is 1. The van der Waals surface area contributed by atoms with Gasteiger partial charge in [0.2, 0.25) is 0 Å². The van der Waals surface area contributed by atoms with Crippen molar-refractivity contribution in [1.29, 1.82) is 0 Å². The number of hydrogen-bond acceptors (Lipinski definition) is 2. The standard InChI is InChI=1S/C14H9BrClNO2/c15-10-4-1-8(2-5-10)13(16)9-3-6-11-12(7-9)19-14(18)17-11/h1-7,13H,(H,17,18). The Morgan fingerprint density at radius 3 is 2.53 bits per heavy atom. The maximum absolute atomic E-state index is 11.1. The van der Waals surface area contributed by atoms with E-state index in [0.29, 0.717) is 11.1 Å². The molecule has 96 valence electrons. The summed E-state index contributed by atoms with van der Waals surface area (Å²) in [7, 11) is 0. The summed E-state index contributed by atoms with van der Waals surface area (Å²) < 4.78 is 6.04. The van der Waals surface area contributed by atoms with Crippen LogP contribution in [0.2, 0.25) is 0 Å². The van der Waals surface area contributed by atoms with Crippen molar-refractivity contribution in [2.24, 2.45) is 0 Å². The van der Waals surface area contributed by atoms with Crippen LogP contribution in [-0.4, -0.2) is 4.98 Å². The van der Waals surface area contributed by atoms with Gasteiger partial charge < -0.3 is 4.42 Å². The number of benzene rings is 2. The maximum atomic E-state index is 11.1. The first kappa shape index (κ1) is 12.5. The van der Waals surface area contributed by atoms with Crippen LogP contribution < -0.4 is 5.76 Å². The van der Waals surface area contributed by atoms with E-state index in [1.807, 2.05) is 30.3 Å². The number of aromatic nitrogens is 1. The van der Waals surface area contributed by atoms with Gasteiger partial charge in [-0.1, -0.05) is 34.1 Å². The lowest BCUT2D eigenvalue weighted by Gasteiger charge is -2.10. The molecule has 3 nitrogen and oxygen atoms in total. The highest BCUT2D eigenvalue weighted by atomic mass is 79.9. The van der Waals surface area contributed by atoms with Gasteiger partial charge in [0.25, 0.3) is 0 Å². The Morgan fingerprint density at radius 1 is 1.11 bits per heavy atom. The number of oxazole rings is 1. The number of H-pyrrole nitrogens is 1. The summed E-state index contributed by atoms with van der Waals surface area (Å²) in [6.07, 6.45) is 0. The molecule has 0 spiro atoms. The van der Waals surface area contributed by atoms with Crippen LogP contribution in [0.15, 0.2) is 56.1 Å². The molecule has 0 radical (unpaired) electrons. The second kappa shape index (κ2) is 4.87. The number of alkyl halides is 1. The normalized spacial score (nSPS) is 12.7. The quantitative estimate of drug-likeness (QED) is 0.711. The summed E-state index contributed by atoms with van der Waals surface area (Å²) in [6.45, 7) is 0. The number of nitrogens with one attached hydrogen (secondary N) is 1. The maximum Gasteiger partial charge on any atom is 0.417 e. The van der Waals surface area contributed by atoms with Crippen LogP contribution in [-0.2, 0) is 0 Å². The highest BCUT2D eigenvalue weighted by Crippen LogP contribution is 2.30. The molecule has 5 heteroatoms. The largest absolute Gasteiger partial charge is 0.417 e. The molecule has 0 aliphatic rings. The summed E-state index contributed by atoms with van der Waals surface area (Å²) in [5.74, 6) is -0.457. The van der Waals surface area contributed by atoms with Gasteiger partial charge in [-0.2, -0.15) is 0 Å². The lowest BCUT2D eigenvalue weighted by Crippen LogP contribution is -1.93. The first-order chi connectivity index (χ1) is 9.13. The van der Waals surface area contributed by atoms with Gasteiger partial charge in [-0.25, -0.2) is 4.79 Å². The van der Waals surface area contributed by atoms with Crippen molar-refractivity contribution in [3.8, 4) is 0 Å². The monoisotopic (exact) mass is 337 g/mol. The molecule has 1 aromatic heterocycles. The van der Waals surface area contributed by atoms with Crippen LogP contribution in [0, 0.1) is 0 Å². The molecule has 0 aliphatic heterocycles. The number of halogens is 2. The van der Waals surface area contributed by atoms with Crippen LogP contribution in [0.4, 0.5) is 0 Å². The van der Waals surface area contributed by atoms with E-state index in [1.54, 1.807) is 12.1 Å². The Kier molecular flexibility index (Phi) is 3.21. The first-order valence-corrected chi connectivity index (χ1v) is 6.89. The van der Waals surface area contributed by atoms with E-state index >= 15 is 0 Å². The summed E-state index contributed by atoms with van der Waals surface area (Å²) in [6, 6.07) is 13.3. The molecule has 2 aromatic carbocycles. The molecular formula is C14H9BrClNO2. The summed E-state index contributed by atoms with van der Waals surface area (Å²) in [5.41, 5.74) is 3.07. The zero-order valence-electron chi connectivity index (χ0n) is 9.69. The van der Waals surface area contributed by atoms with Gasteiger partial charge in [-0.05, 0) is 35.4 Å². The van der Waals surface area contributed by atoms with Gasteiger partial charge in [0, 0.05) is 4.47 Å². The van der Waals surface area contributed by atoms with E-state index in [9.17, 15) is 4.79 Å². The lowest BCUT2D eigenvalue weighted by molar-refractivity contribution is 0.555. The molecule has 0 aliphatic carbocycles. The summed E-state index contributed by atoms with van der Waals surface area (Å²) in [4.78, 5) is 13.7. The fraction of sp³-hybridized carbons (Fsp3) is 0.0714. The topological polar surface area (TPSA) is 46.0 Å². The minimum Gasteiger partial charge on any atom is -0.408 e. The van der Waals surface area contributed by atoms with Crippen molar-refractivity contribution in [3.05, 3.63) is 68.6 Å². The minimum atomic E-state index is -0.457. The van der Waals surface area contributed by atoms with Crippen LogP contribution in [0.5, 0.6) is 0 Å². The van der Waals surface area contributed by atoms with E-state index in [-0.39, 0.29) is 5.38 Å². The molecule has 1 atom stereocenters. The van der Waals surface area contributed by atoms with Gasteiger partial charge in [-0.15, -0.1) is 11.6 Å². The van der Waals surface area contributed by atoms with E-state index in [2.05, 4.69) is 20.9 Å². The summed E-state index contributed by atoms with van der Waals surface area (Å²) >= 11 is 9.84. The average Bonchev–Trinajstić information content (AvgIpc) is 2.77. The Balaban J connectivity index is 2.03. The van der Waals surface area contributed by atoms with Gasteiger partial charge in [0.05, 0.1) is 10.9 Å². The fourth-order valence-electron chi connectivity index (χ4n) is 1.94. The van der Waals surface area contributed by atoms with Crippen LogP contribution in [0.1, 0.15) is 16.5 Å². The molecule has 0 saturated heterocycles. The van der Waals surface area contributed by atoms with E-state index in [4.69, 9.17) is 16.0 Å². The molecule has 1 heterocycles.